The van der Waals surface area contributed by atoms with Crippen molar-refractivity contribution in [1.29, 1.82) is 0 Å². The van der Waals surface area contributed by atoms with Crippen molar-refractivity contribution in [2.75, 3.05) is 31.1 Å². The molecule has 0 saturated carbocycles. The Labute approximate surface area is 142 Å². The molecule has 6 heteroatoms. The number of aromatic nitrogens is 2. The Balaban J connectivity index is 1.59. The highest BCUT2D eigenvalue weighted by Gasteiger charge is 2.23. The van der Waals surface area contributed by atoms with Crippen LogP contribution in [0.2, 0.25) is 0 Å². The van der Waals surface area contributed by atoms with E-state index in [9.17, 15) is 4.79 Å². The molecule has 1 aliphatic rings. The van der Waals surface area contributed by atoms with Gasteiger partial charge >= 0.3 is 0 Å². The summed E-state index contributed by atoms with van der Waals surface area (Å²) in [6, 6.07) is 9.40. The van der Waals surface area contributed by atoms with Crippen LogP contribution in [0.4, 0.5) is 5.82 Å². The molecule has 0 radical (unpaired) electrons. The average molecular weight is 326 g/mol. The summed E-state index contributed by atoms with van der Waals surface area (Å²) in [7, 11) is 0. The van der Waals surface area contributed by atoms with Gasteiger partial charge in [0.05, 0.1) is 11.7 Å². The van der Waals surface area contributed by atoms with Crippen LogP contribution in [0, 0.1) is 0 Å². The minimum absolute atomic E-state index is 0.0132. The van der Waals surface area contributed by atoms with Gasteiger partial charge in [-0.25, -0.2) is 9.97 Å². The topological polar surface area (TPSA) is 58.6 Å². The van der Waals surface area contributed by atoms with Gasteiger partial charge in [0, 0.05) is 44.6 Å². The largest absolute Gasteiger partial charge is 0.475 e. The molecule has 0 N–H and O–H groups in total. The number of nitrogens with zero attached hydrogens (tertiary/aromatic N) is 4. The highest BCUT2D eigenvalue weighted by Crippen LogP contribution is 2.15. The van der Waals surface area contributed by atoms with Crippen molar-refractivity contribution >= 4 is 11.7 Å². The first-order valence-corrected chi connectivity index (χ1v) is 8.21. The fourth-order valence-electron chi connectivity index (χ4n) is 2.68. The zero-order valence-corrected chi connectivity index (χ0v) is 14.1. The molecule has 1 saturated heterocycles. The van der Waals surface area contributed by atoms with E-state index in [1.807, 2.05) is 36.9 Å². The molecule has 2 aromatic rings. The number of piperazine rings is 1. The maximum Gasteiger partial charge on any atom is 0.255 e. The molecule has 24 heavy (non-hydrogen) atoms. The van der Waals surface area contributed by atoms with Crippen molar-refractivity contribution in [2.24, 2.45) is 0 Å². The number of ether oxygens (including phenoxy) is 1. The van der Waals surface area contributed by atoms with Gasteiger partial charge in [-0.3, -0.25) is 4.79 Å². The second kappa shape index (κ2) is 7.29. The van der Waals surface area contributed by atoms with Gasteiger partial charge in [0.1, 0.15) is 5.82 Å². The van der Waals surface area contributed by atoms with Gasteiger partial charge in [0.25, 0.3) is 5.91 Å². The Bertz CT molecular complexity index is 665. The van der Waals surface area contributed by atoms with Gasteiger partial charge in [-0.1, -0.05) is 6.07 Å². The second-order valence-corrected chi connectivity index (χ2v) is 6.02. The molecule has 0 aliphatic carbocycles. The molecule has 0 unspecified atom stereocenters. The number of carbonyl (C=O) groups excluding carboxylic acids is 1. The predicted molar refractivity (Wildman–Crippen MR) is 92.4 cm³/mol. The smallest absolute Gasteiger partial charge is 0.255 e. The Morgan fingerprint density at radius 2 is 1.88 bits per heavy atom. The van der Waals surface area contributed by atoms with E-state index in [2.05, 4.69) is 14.9 Å². The fraction of sp³-hybridized carbons (Fsp3) is 0.389. The zero-order chi connectivity index (χ0) is 16.9. The lowest BCUT2D eigenvalue weighted by atomic mass is 10.2. The Morgan fingerprint density at radius 1 is 1.08 bits per heavy atom. The summed E-state index contributed by atoms with van der Waals surface area (Å²) in [4.78, 5) is 25.2. The minimum Gasteiger partial charge on any atom is -0.475 e. The van der Waals surface area contributed by atoms with Crippen molar-refractivity contribution in [3.63, 3.8) is 0 Å². The summed E-state index contributed by atoms with van der Waals surface area (Å²) in [5, 5.41) is 0. The average Bonchev–Trinajstić information content (AvgIpc) is 2.62. The van der Waals surface area contributed by atoms with E-state index in [-0.39, 0.29) is 12.0 Å². The maximum atomic E-state index is 12.6. The highest BCUT2D eigenvalue weighted by molar-refractivity contribution is 5.94. The molecule has 6 nitrogen and oxygen atoms in total. The van der Waals surface area contributed by atoms with Crippen molar-refractivity contribution in [3.05, 3.63) is 48.3 Å². The molecular formula is C18H22N4O2. The molecule has 3 heterocycles. The van der Waals surface area contributed by atoms with Crippen LogP contribution >= 0.6 is 0 Å². The zero-order valence-electron chi connectivity index (χ0n) is 14.1. The van der Waals surface area contributed by atoms with E-state index in [0.29, 0.717) is 24.5 Å². The second-order valence-electron chi connectivity index (χ2n) is 6.02. The molecule has 126 valence electrons. The molecule has 1 amide bonds. The minimum atomic E-state index is 0.0132. The maximum absolute atomic E-state index is 12.6. The summed E-state index contributed by atoms with van der Waals surface area (Å²) in [6.07, 6.45) is 3.45. The third kappa shape index (κ3) is 3.82. The predicted octanol–water partition coefficient (Wildman–Crippen LogP) is 2.23. The first-order chi connectivity index (χ1) is 11.6. The molecule has 0 aromatic carbocycles. The molecule has 0 bridgehead atoms. The summed E-state index contributed by atoms with van der Waals surface area (Å²) in [5.41, 5.74) is 0.595. The molecule has 0 atom stereocenters. The van der Waals surface area contributed by atoms with Crippen molar-refractivity contribution in [1.82, 2.24) is 14.9 Å². The van der Waals surface area contributed by atoms with Crippen LogP contribution in [0.25, 0.3) is 0 Å². The van der Waals surface area contributed by atoms with E-state index in [0.717, 1.165) is 18.9 Å². The van der Waals surface area contributed by atoms with Crippen molar-refractivity contribution in [3.8, 4) is 5.88 Å². The monoisotopic (exact) mass is 326 g/mol. The van der Waals surface area contributed by atoms with Crippen LogP contribution in [0.5, 0.6) is 5.88 Å². The number of hydrogen-bond acceptors (Lipinski definition) is 5. The molecule has 1 fully saturated rings. The number of hydrogen-bond donors (Lipinski definition) is 0. The first-order valence-electron chi connectivity index (χ1n) is 8.21. The third-order valence-electron chi connectivity index (χ3n) is 3.88. The Hall–Kier alpha value is -2.63. The summed E-state index contributed by atoms with van der Waals surface area (Å²) >= 11 is 0. The molecule has 1 aliphatic heterocycles. The standard InChI is InChI=1S/C18H22N4O2/c1-14(2)24-17-7-6-15(13-20-17)18(23)22-11-9-21(10-12-22)16-5-3-4-8-19-16/h3-8,13-14H,9-12H2,1-2H3. The van der Waals surface area contributed by atoms with E-state index >= 15 is 0 Å². The van der Waals surface area contributed by atoms with E-state index in [4.69, 9.17) is 4.74 Å². The molecule has 0 spiro atoms. The molecule has 2 aromatic heterocycles. The van der Waals surface area contributed by atoms with E-state index in [1.54, 1.807) is 24.5 Å². The lowest BCUT2D eigenvalue weighted by molar-refractivity contribution is 0.0746. The first kappa shape index (κ1) is 16.2. The van der Waals surface area contributed by atoms with Gasteiger partial charge in [-0.15, -0.1) is 0 Å². The van der Waals surface area contributed by atoms with Crippen molar-refractivity contribution < 1.29 is 9.53 Å². The lowest BCUT2D eigenvalue weighted by Crippen LogP contribution is -2.49. The summed E-state index contributed by atoms with van der Waals surface area (Å²) in [6.45, 7) is 6.82. The summed E-state index contributed by atoms with van der Waals surface area (Å²) in [5.74, 6) is 1.52. The Morgan fingerprint density at radius 3 is 2.46 bits per heavy atom. The van der Waals surface area contributed by atoms with Crippen LogP contribution in [0.1, 0.15) is 24.2 Å². The van der Waals surface area contributed by atoms with Gasteiger partial charge in [0.15, 0.2) is 0 Å². The Kier molecular flexibility index (Phi) is 4.93. The number of rotatable bonds is 4. The quantitative estimate of drug-likeness (QED) is 0.862. The SMILES string of the molecule is CC(C)Oc1ccc(C(=O)N2CCN(c3ccccn3)CC2)cn1. The van der Waals surface area contributed by atoms with Crippen LogP contribution in [0.15, 0.2) is 42.7 Å². The van der Waals surface area contributed by atoms with E-state index in [1.165, 1.54) is 0 Å². The number of pyridine rings is 2. The van der Waals surface area contributed by atoms with Gasteiger partial charge in [0.2, 0.25) is 5.88 Å². The van der Waals surface area contributed by atoms with Crippen LogP contribution in [-0.4, -0.2) is 53.1 Å². The lowest BCUT2D eigenvalue weighted by Gasteiger charge is -2.35. The van der Waals surface area contributed by atoms with Gasteiger partial charge in [-0.2, -0.15) is 0 Å². The molecule has 3 rings (SSSR count). The van der Waals surface area contributed by atoms with E-state index < -0.39 is 0 Å². The van der Waals surface area contributed by atoms with Crippen LogP contribution in [0.3, 0.4) is 0 Å². The summed E-state index contributed by atoms with van der Waals surface area (Å²) < 4.78 is 5.51. The fourth-order valence-corrected chi connectivity index (χ4v) is 2.68. The van der Waals surface area contributed by atoms with Crippen LogP contribution < -0.4 is 9.64 Å². The molecular weight excluding hydrogens is 304 g/mol. The number of anilines is 1. The van der Waals surface area contributed by atoms with Crippen LogP contribution in [-0.2, 0) is 0 Å². The third-order valence-corrected chi connectivity index (χ3v) is 3.88. The highest BCUT2D eigenvalue weighted by atomic mass is 16.5. The van der Waals surface area contributed by atoms with Gasteiger partial charge < -0.3 is 14.5 Å². The number of amides is 1. The number of carbonyl (C=O) groups is 1. The van der Waals surface area contributed by atoms with Crippen molar-refractivity contribution in [2.45, 2.75) is 20.0 Å². The normalized spacial score (nSPS) is 14.8. The van der Waals surface area contributed by atoms with Gasteiger partial charge in [-0.05, 0) is 32.0 Å².